The highest BCUT2D eigenvalue weighted by Gasteiger charge is 2.18. The molecule has 1 unspecified atom stereocenters. The first-order valence-electron chi connectivity index (χ1n) is 7.37. The van der Waals surface area contributed by atoms with E-state index in [1.807, 2.05) is 0 Å². The first-order valence-corrected chi connectivity index (χ1v) is 7.37. The summed E-state index contributed by atoms with van der Waals surface area (Å²) in [7, 11) is 0. The molecule has 3 heteroatoms. The molecule has 1 heterocycles. The van der Waals surface area contributed by atoms with E-state index in [-0.39, 0.29) is 6.04 Å². The summed E-state index contributed by atoms with van der Waals surface area (Å²) in [5, 5.41) is 0. The molecule has 1 aromatic carbocycles. The van der Waals surface area contributed by atoms with Gasteiger partial charge in [0.15, 0.2) is 0 Å². The number of benzene rings is 1. The van der Waals surface area contributed by atoms with E-state index < -0.39 is 0 Å². The van der Waals surface area contributed by atoms with E-state index >= 15 is 0 Å². The fourth-order valence-corrected chi connectivity index (χ4v) is 2.90. The van der Waals surface area contributed by atoms with Crippen LogP contribution in [0.4, 0.5) is 0 Å². The normalized spacial score (nSPS) is 19.6. The van der Waals surface area contributed by atoms with Crippen molar-refractivity contribution in [1.29, 1.82) is 0 Å². The lowest BCUT2D eigenvalue weighted by molar-refractivity contribution is 0.131. The number of nitrogens with two attached hydrogens (primary N) is 1. The summed E-state index contributed by atoms with van der Waals surface area (Å²) in [5.74, 6) is 0. The van der Waals surface area contributed by atoms with Gasteiger partial charge in [0, 0.05) is 38.8 Å². The molecule has 0 bridgehead atoms. The topological polar surface area (TPSA) is 32.5 Å². The van der Waals surface area contributed by atoms with E-state index in [1.165, 1.54) is 29.8 Å². The van der Waals surface area contributed by atoms with Gasteiger partial charge in [-0.1, -0.05) is 36.2 Å². The van der Waals surface area contributed by atoms with Crippen molar-refractivity contribution in [3.63, 3.8) is 0 Å². The van der Waals surface area contributed by atoms with Gasteiger partial charge in [0.1, 0.15) is 0 Å². The van der Waals surface area contributed by atoms with Crippen LogP contribution in [-0.2, 0) is 0 Å². The second-order valence-electron chi connectivity index (χ2n) is 5.76. The number of nitrogens with zero attached hydrogens (tertiary/aromatic N) is 2. The Hall–Kier alpha value is -0.900. The second-order valence-corrected chi connectivity index (χ2v) is 5.76. The predicted molar refractivity (Wildman–Crippen MR) is 81.4 cm³/mol. The molecule has 1 atom stereocenters. The third kappa shape index (κ3) is 4.03. The van der Waals surface area contributed by atoms with Crippen molar-refractivity contribution in [2.75, 3.05) is 39.3 Å². The van der Waals surface area contributed by atoms with Gasteiger partial charge < -0.3 is 10.6 Å². The van der Waals surface area contributed by atoms with Gasteiger partial charge >= 0.3 is 0 Å². The number of hydrogen-bond acceptors (Lipinski definition) is 3. The molecule has 106 valence electrons. The molecule has 19 heavy (non-hydrogen) atoms. The third-order valence-corrected chi connectivity index (χ3v) is 4.04. The molecule has 0 aromatic heterocycles. The van der Waals surface area contributed by atoms with Crippen molar-refractivity contribution >= 4 is 0 Å². The smallest absolute Gasteiger partial charge is 0.0424 e. The summed E-state index contributed by atoms with van der Waals surface area (Å²) in [6.07, 6.45) is 0. The van der Waals surface area contributed by atoms with Crippen LogP contribution in [0.1, 0.15) is 29.7 Å². The van der Waals surface area contributed by atoms with Crippen LogP contribution in [-0.4, -0.2) is 49.1 Å². The summed E-state index contributed by atoms with van der Waals surface area (Å²) in [6.45, 7) is 13.3. The SMILES string of the molecule is CCN1CCN(CC(N)c2cc(C)cc(C)c2)CC1. The largest absolute Gasteiger partial charge is 0.323 e. The highest BCUT2D eigenvalue weighted by Crippen LogP contribution is 2.17. The monoisotopic (exact) mass is 261 g/mol. The Kier molecular flexibility index (Phi) is 4.97. The van der Waals surface area contributed by atoms with Crippen LogP contribution in [0.15, 0.2) is 18.2 Å². The minimum Gasteiger partial charge on any atom is -0.323 e. The molecule has 0 spiro atoms. The molecule has 0 saturated carbocycles. The zero-order valence-corrected chi connectivity index (χ0v) is 12.5. The summed E-state index contributed by atoms with van der Waals surface area (Å²) in [6, 6.07) is 6.78. The van der Waals surface area contributed by atoms with Gasteiger partial charge in [0.2, 0.25) is 0 Å². The van der Waals surface area contributed by atoms with E-state index in [4.69, 9.17) is 5.73 Å². The number of aryl methyl sites for hydroxylation is 2. The van der Waals surface area contributed by atoms with Gasteiger partial charge in [-0.25, -0.2) is 0 Å². The molecule has 1 aromatic rings. The Labute approximate surface area is 117 Å². The lowest BCUT2D eigenvalue weighted by Gasteiger charge is -2.35. The first kappa shape index (κ1) is 14.5. The summed E-state index contributed by atoms with van der Waals surface area (Å²) < 4.78 is 0. The third-order valence-electron chi connectivity index (χ3n) is 4.04. The fourth-order valence-electron chi connectivity index (χ4n) is 2.90. The Morgan fingerprint density at radius 2 is 1.53 bits per heavy atom. The van der Waals surface area contributed by atoms with Crippen molar-refractivity contribution in [2.24, 2.45) is 5.73 Å². The van der Waals surface area contributed by atoms with Gasteiger partial charge in [-0.15, -0.1) is 0 Å². The minimum absolute atomic E-state index is 0.131. The standard InChI is InChI=1S/C16H27N3/c1-4-18-5-7-19(8-6-18)12-16(17)15-10-13(2)9-14(3)11-15/h9-11,16H,4-8,12,17H2,1-3H3. The molecule has 2 N–H and O–H groups in total. The van der Waals surface area contributed by atoms with Crippen molar-refractivity contribution in [3.05, 3.63) is 34.9 Å². The van der Waals surface area contributed by atoms with E-state index in [2.05, 4.69) is 48.8 Å². The number of rotatable bonds is 4. The maximum Gasteiger partial charge on any atom is 0.0424 e. The molecular weight excluding hydrogens is 234 g/mol. The predicted octanol–water partition coefficient (Wildman–Crippen LogP) is 1.94. The Morgan fingerprint density at radius 3 is 2.05 bits per heavy atom. The molecule has 3 nitrogen and oxygen atoms in total. The average Bonchev–Trinajstić information content (AvgIpc) is 2.38. The van der Waals surface area contributed by atoms with E-state index in [0.717, 1.165) is 26.2 Å². The van der Waals surface area contributed by atoms with Gasteiger partial charge in [0.05, 0.1) is 0 Å². The van der Waals surface area contributed by atoms with Crippen LogP contribution in [0.5, 0.6) is 0 Å². The van der Waals surface area contributed by atoms with Gasteiger partial charge in [-0.2, -0.15) is 0 Å². The molecule has 0 amide bonds. The summed E-state index contributed by atoms with van der Waals surface area (Å²) in [5.41, 5.74) is 10.3. The van der Waals surface area contributed by atoms with Crippen molar-refractivity contribution in [2.45, 2.75) is 26.8 Å². The molecule has 1 fully saturated rings. The highest BCUT2D eigenvalue weighted by molar-refractivity contribution is 5.30. The maximum absolute atomic E-state index is 6.38. The summed E-state index contributed by atoms with van der Waals surface area (Å²) in [4.78, 5) is 4.99. The van der Waals surface area contributed by atoms with Crippen LogP contribution in [0, 0.1) is 13.8 Å². The second kappa shape index (κ2) is 6.51. The van der Waals surface area contributed by atoms with Crippen LogP contribution in [0.3, 0.4) is 0 Å². The van der Waals surface area contributed by atoms with Crippen LogP contribution in [0.25, 0.3) is 0 Å². The molecule has 0 radical (unpaired) electrons. The first-order chi connectivity index (χ1) is 9.08. The highest BCUT2D eigenvalue weighted by atomic mass is 15.3. The number of hydrogen-bond donors (Lipinski definition) is 1. The minimum atomic E-state index is 0.131. The van der Waals surface area contributed by atoms with Crippen molar-refractivity contribution < 1.29 is 0 Å². The molecule has 1 aliphatic heterocycles. The molecule has 1 aliphatic rings. The van der Waals surface area contributed by atoms with Gasteiger partial charge in [0.25, 0.3) is 0 Å². The molecule has 2 rings (SSSR count). The van der Waals surface area contributed by atoms with Crippen molar-refractivity contribution in [3.8, 4) is 0 Å². The number of likely N-dealkylation sites (N-methyl/N-ethyl adjacent to an activating group) is 1. The van der Waals surface area contributed by atoms with Crippen molar-refractivity contribution in [1.82, 2.24) is 9.80 Å². The Balaban J connectivity index is 1.92. The Morgan fingerprint density at radius 1 is 1.00 bits per heavy atom. The summed E-state index contributed by atoms with van der Waals surface area (Å²) >= 11 is 0. The maximum atomic E-state index is 6.38. The molecular formula is C16H27N3. The zero-order chi connectivity index (χ0) is 13.8. The fraction of sp³-hybridized carbons (Fsp3) is 0.625. The zero-order valence-electron chi connectivity index (χ0n) is 12.5. The average molecular weight is 261 g/mol. The van der Waals surface area contributed by atoms with E-state index in [0.29, 0.717) is 0 Å². The number of piperazine rings is 1. The molecule has 1 saturated heterocycles. The quantitative estimate of drug-likeness (QED) is 0.899. The van der Waals surface area contributed by atoms with Crippen LogP contribution >= 0.6 is 0 Å². The Bertz CT molecular complexity index is 388. The lowest BCUT2D eigenvalue weighted by Crippen LogP contribution is -2.48. The lowest BCUT2D eigenvalue weighted by atomic mass is 10.0. The van der Waals surface area contributed by atoms with E-state index in [9.17, 15) is 0 Å². The van der Waals surface area contributed by atoms with Crippen LogP contribution in [0.2, 0.25) is 0 Å². The van der Waals surface area contributed by atoms with Crippen LogP contribution < -0.4 is 5.73 Å². The van der Waals surface area contributed by atoms with Gasteiger partial charge in [-0.05, 0) is 26.0 Å². The van der Waals surface area contributed by atoms with E-state index in [1.54, 1.807) is 0 Å². The van der Waals surface area contributed by atoms with Gasteiger partial charge in [-0.3, -0.25) is 4.90 Å². The molecule has 0 aliphatic carbocycles.